The summed E-state index contributed by atoms with van der Waals surface area (Å²) >= 11 is 5.25. The van der Waals surface area contributed by atoms with Crippen LogP contribution in [0.4, 0.5) is 5.69 Å². The van der Waals surface area contributed by atoms with Crippen molar-refractivity contribution >= 4 is 29.0 Å². The molecule has 22 heavy (non-hydrogen) atoms. The summed E-state index contributed by atoms with van der Waals surface area (Å²) in [6.07, 6.45) is 0.886. The number of carbonyl (C=O) groups is 1. The van der Waals surface area contributed by atoms with Crippen LogP contribution in [0.1, 0.15) is 36.2 Å². The van der Waals surface area contributed by atoms with Gasteiger partial charge in [-0.05, 0) is 57.1 Å². The molecule has 0 aliphatic carbocycles. The molecule has 0 unspecified atom stereocenters. The Hall–Kier alpha value is -1.66. The summed E-state index contributed by atoms with van der Waals surface area (Å²) in [4.78, 5) is 11.9. The van der Waals surface area contributed by atoms with Crippen LogP contribution in [-0.2, 0) is 9.47 Å². The predicted octanol–water partition coefficient (Wildman–Crippen LogP) is 2.88. The van der Waals surface area contributed by atoms with Crippen LogP contribution in [0.15, 0.2) is 18.2 Å². The van der Waals surface area contributed by atoms with Gasteiger partial charge in [0, 0.05) is 25.4 Å². The molecular weight excluding hydrogens is 300 g/mol. The van der Waals surface area contributed by atoms with Crippen LogP contribution >= 0.6 is 12.2 Å². The Kier molecular flexibility index (Phi) is 8.47. The smallest absolute Gasteiger partial charge is 0.338 e. The summed E-state index contributed by atoms with van der Waals surface area (Å²) in [5.74, 6) is -0.320. The Morgan fingerprint density at radius 3 is 2.73 bits per heavy atom. The van der Waals surface area contributed by atoms with Crippen LogP contribution < -0.4 is 10.6 Å². The SMILES string of the molecule is CCOCCCNC(=S)Nc1cccc(C(=O)OCC)c1C. The molecule has 1 aromatic rings. The number of hydrogen-bond acceptors (Lipinski definition) is 4. The van der Waals surface area contributed by atoms with Gasteiger partial charge in [-0.25, -0.2) is 4.79 Å². The van der Waals surface area contributed by atoms with Crippen LogP contribution in [-0.4, -0.2) is 37.4 Å². The van der Waals surface area contributed by atoms with E-state index in [2.05, 4.69) is 10.6 Å². The maximum absolute atomic E-state index is 11.9. The highest BCUT2D eigenvalue weighted by Crippen LogP contribution is 2.19. The number of ether oxygens (including phenoxy) is 2. The fourth-order valence-electron chi connectivity index (χ4n) is 1.89. The van der Waals surface area contributed by atoms with E-state index in [0.717, 1.165) is 30.8 Å². The van der Waals surface area contributed by atoms with E-state index >= 15 is 0 Å². The van der Waals surface area contributed by atoms with Crippen molar-refractivity contribution in [3.05, 3.63) is 29.3 Å². The number of carbonyl (C=O) groups excluding carboxylic acids is 1. The third kappa shape index (κ3) is 5.99. The van der Waals surface area contributed by atoms with Crippen LogP contribution in [0.2, 0.25) is 0 Å². The second-order valence-corrected chi connectivity index (χ2v) is 5.04. The molecule has 1 aromatic carbocycles. The van der Waals surface area contributed by atoms with Gasteiger partial charge in [0.25, 0.3) is 0 Å². The lowest BCUT2D eigenvalue weighted by molar-refractivity contribution is 0.0525. The average molecular weight is 324 g/mol. The molecule has 0 atom stereocenters. The van der Waals surface area contributed by atoms with Crippen LogP contribution in [0.3, 0.4) is 0 Å². The van der Waals surface area contributed by atoms with Gasteiger partial charge in [0.2, 0.25) is 0 Å². The van der Waals surface area contributed by atoms with E-state index in [1.807, 2.05) is 19.9 Å². The number of rotatable bonds is 8. The molecule has 0 bridgehead atoms. The third-order valence-corrected chi connectivity index (χ3v) is 3.28. The summed E-state index contributed by atoms with van der Waals surface area (Å²) in [5, 5.41) is 6.75. The molecule has 0 amide bonds. The average Bonchev–Trinajstić information content (AvgIpc) is 2.49. The van der Waals surface area contributed by atoms with E-state index in [4.69, 9.17) is 21.7 Å². The topological polar surface area (TPSA) is 59.6 Å². The minimum Gasteiger partial charge on any atom is -0.462 e. The highest BCUT2D eigenvalue weighted by molar-refractivity contribution is 7.80. The zero-order chi connectivity index (χ0) is 16.4. The Labute approximate surface area is 137 Å². The Morgan fingerprint density at radius 2 is 2.05 bits per heavy atom. The van der Waals surface area contributed by atoms with Crippen LogP contribution in [0.25, 0.3) is 0 Å². The fraction of sp³-hybridized carbons (Fsp3) is 0.500. The molecule has 0 saturated heterocycles. The summed E-state index contributed by atoms with van der Waals surface area (Å²) in [5.41, 5.74) is 2.17. The number of nitrogens with one attached hydrogen (secondary N) is 2. The second-order valence-electron chi connectivity index (χ2n) is 4.63. The maximum Gasteiger partial charge on any atom is 0.338 e. The van der Waals surface area contributed by atoms with Gasteiger partial charge in [-0.3, -0.25) is 0 Å². The molecule has 5 nitrogen and oxygen atoms in total. The molecule has 0 aromatic heterocycles. The van der Waals surface area contributed by atoms with Gasteiger partial charge < -0.3 is 20.1 Å². The summed E-state index contributed by atoms with van der Waals surface area (Å²) in [6.45, 7) is 8.16. The first-order valence-corrected chi connectivity index (χ1v) is 7.90. The largest absolute Gasteiger partial charge is 0.462 e. The van der Waals surface area contributed by atoms with E-state index in [0.29, 0.717) is 23.9 Å². The zero-order valence-corrected chi connectivity index (χ0v) is 14.2. The lowest BCUT2D eigenvalue weighted by Crippen LogP contribution is -2.30. The number of hydrogen-bond donors (Lipinski definition) is 2. The minimum absolute atomic E-state index is 0.320. The van der Waals surface area contributed by atoms with Crippen molar-refractivity contribution in [3.63, 3.8) is 0 Å². The zero-order valence-electron chi connectivity index (χ0n) is 13.4. The number of esters is 1. The van der Waals surface area contributed by atoms with E-state index in [-0.39, 0.29) is 5.97 Å². The van der Waals surface area contributed by atoms with Crippen molar-refractivity contribution in [2.75, 3.05) is 31.7 Å². The quantitative estimate of drug-likeness (QED) is 0.436. The van der Waals surface area contributed by atoms with E-state index < -0.39 is 0 Å². The fourth-order valence-corrected chi connectivity index (χ4v) is 2.10. The molecule has 0 aliphatic heterocycles. The van der Waals surface area contributed by atoms with Gasteiger partial charge in [-0.1, -0.05) is 6.07 Å². The lowest BCUT2D eigenvalue weighted by atomic mass is 10.1. The molecule has 122 valence electrons. The molecule has 0 saturated carbocycles. The highest BCUT2D eigenvalue weighted by Gasteiger charge is 2.12. The first-order chi connectivity index (χ1) is 10.6. The number of anilines is 1. The van der Waals surface area contributed by atoms with Crippen LogP contribution in [0, 0.1) is 6.92 Å². The molecule has 6 heteroatoms. The van der Waals surface area contributed by atoms with Crippen molar-refractivity contribution in [1.82, 2.24) is 5.32 Å². The van der Waals surface area contributed by atoms with Gasteiger partial charge in [-0.2, -0.15) is 0 Å². The molecule has 0 radical (unpaired) electrons. The first kappa shape index (κ1) is 18.4. The van der Waals surface area contributed by atoms with Gasteiger partial charge >= 0.3 is 5.97 Å². The van der Waals surface area contributed by atoms with Gasteiger partial charge in [0.05, 0.1) is 12.2 Å². The molecule has 2 N–H and O–H groups in total. The normalized spacial score (nSPS) is 10.1. The second kappa shape index (κ2) is 10.1. The minimum atomic E-state index is -0.320. The maximum atomic E-state index is 11.9. The summed E-state index contributed by atoms with van der Waals surface area (Å²) in [6, 6.07) is 5.43. The van der Waals surface area contributed by atoms with E-state index in [1.54, 1.807) is 19.1 Å². The summed E-state index contributed by atoms with van der Waals surface area (Å²) in [7, 11) is 0. The van der Waals surface area contributed by atoms with E-state index in [9.17, 15) is 4.79 Å². The van der Waals surface area contributed by atoms with Gasteiger partial charge in [-0.15, -0.1) is 0 Å². The molecule has 1 rings (SSSR count). The molecule has 0 aliphatic rings. The van der Waals surface area contributed by atoms with Crippen molar-refractivity contribution in [1.29, 1.82) is 0 Å². The van der Waals surface area contributed by atoms with Crippen molar-refractivity contribution in [2.24, 2.45) is 0 Å². The van der Waals surface area contributed by atoms with E-state index in [1.165, 1.54) is 0 Å². The summed E-state index contributed by atoms with van der Waals surface area (Å²) < 4.78 is 10.3. The third-order valence-electron chi connectivity index (χ3n) is 3.03. The van der Waals surface area contributed by atoms with Crippen LogP contribution in [0.5, 0.6) is 0 Å². The Morgan fingerprint density at radius 1 is 1.27 bits per heavy atom. The highest BCUT2D eigenvalue weighted by atomic mass is 32.1. The number of benzene rings is 1. The molecule has 0 fully saturated rings. The monoisotopic (exact) mass is 324 g/mol. The van der Waals surface area contributed by atoms with Crippen molar-refractivity contribution < 1.29 is 14.3 Å². The van der Waals surface area contributed by atoms with Crippen molar-refractivity contribution in [2.45, 2.75) is 27.2 Å². The molecule has 0 heterocycles. The lowest BCUT2D eigenvalue weighted by Gasteiger charge is -2.14. The molecule has 0 spiro atoms. The van der Waals surface area contributed by atoms with Crippen molar-refractivity contribution in [3.8, 4) is 0 Å². The standard InChI is InChI=1S/C16H24N2O3S/c1-4-20-11-7-10-17-16(22)18-14-9-6-8-13(12(14)3)15(19)21-5-2/h6,8-9H,4-5,7,10-11H2,1-3H3,(H2,17,18,22). The first-order valence-electron chi connectivity index (χ1n) is 7.49. The van der Waals surface area contributed by atoms with Gasteiger partial charge in [0.1, 0.15) is 0 Å². The number of thiocarbonyl (C=S) groups is 1. The van der Waals surface area contributed by atoms with Gasteiger partial charge in [0.15, 0.2) is 5.11 Å². The Bertz CT molecular complexity index is 506. The predicted molar refractivity (Wildman–Crippen MR) is 92.5 cm³/mol. The molecular formula is C16H24N2O3S. The Balaban J connectivity index is 2.56.